The van der Waals surface area contributed by atoms with Crippen molar-refractivity contribution in [2.45, 2.75) is 19.3 Å². The van der Waals surface area contributed by atoms with Crippen LogP contribution in [0.2, 0.25) is 5.02 Å². The molecule has 1 aromatic heterocycles. The van der Waals surface area contributed by atoms with E-state index in [4.69, 9.17) is 11.6 Å². The van der Waals surface area contributed by atoms with Gasteiger partial charge in [-0.1, -0.05) is 17.7 Å². The summed E-state index contributed by atoms with van der Waals surface area (Å²) in [4.78, 5) is 12.1. The largest absolute Gasteiger partial charge is 0.326 e. The van der Waals surface area contributed by atoms with Gasteiger partial charge in [0.25, 0.3) is 0 Å². The third-order valence-corrected chi connectivity index (χ3v) is 4.67. The van der Waals surface area contributed by atoms with Gasteiger partial charge >= 0.3 is 0 Å². The van der Waals surface area contributed by atoms with Crippen LogP contribution in [0.3, 0.4) is 0 Å². The zero-order valence-corrected chi connectivity index (χ0v) is 13.0. The number of aromatic amines is 1. The number of carbonyl (C=O) groups excluding carboxylic acids is 1. The number of nitrogens with one attached hydrogen (secondary N) is 2. The average Bonchev–Trinajstić information content (AvgIpc) is 2.99. The van der Waals surface area contributed by atoms with Gasteiger partial charge in [0.05, 0.1) is 11.7 Å². The maximum Gasteiger partial charge on any atom is 0.225 e. The summed E-state index contributed by atoms with van der Waals surface area (Å²) < 4.78 is 14.8. The fourth-order valence-corrected chi connectivity index (χ4v) is 3.52. The van der Waals surface area contributed by atoms with E-state index in [1.165, 1.54) is 0 Å². The summed E-state index contributed by atoms with van der Waals surface area (Å²) in [5, 5.41) is 11.1. The molecule has 1 aliphatic heterocycles. The summed E-state index contributed by atoms with van der Waals surface area (Å²) in [6.07, 6.45) is 1.85. The number of hydrogen-bond donors (Lipinski definition) is 2. The van der Waals surface area contributed by atoms with E-state index in [2.05, 4.69) is 15.5 Å². The van der Waals surface area contributed by atoms with Crippen LogP contribution in [0.5, 0.6) is 0 Å². The van der Waals surface area contributed by atoms with Gasteiger partial charge in [-0.3, -0.25) is 9.89 Å². The van der Waals surface area contributed by atoms with E-state index in [9.17, 15) is 9.18 Å². The zero-order chi connectivity index (χ0) is 16.1. The highest BCUT2D eigenvalue weighted by Crippen LogP contribution is 2.44. The molecule has 0 aliphatic carbocycles. The minimum absolute atomic E-state index is 0.144. The van der Waals surface area contributed by atoms with E-state index >= 15 is 0 Å². The Morgan fingerprint density at radius 2 is 2.09 bits per heavy atom. The standard InChI is InChI=1S/C17H13ClFN3O/c1-8-2-4-11(18)14(16(8)19)10-6-13(23)21-12-5-3-9-7-20-22-17(9)15(10)12/h2-5,7,10H,6H2,1H3,(H,20,22)(H,21,23). The predicted octanol–water partition coefficient (Wildman–Crippen LogP) is 4.14. The highest BCUT2D eigenvalue weighted by molar-refractivity contribution is 6.31. The Bertz CT molecular complexity index is 950. The topological polar surface area (TPSA) is 57.8 Å². The number of H-pyrrole nitrogens is 1. The smallest absolute Gasteiger partial charge is 0.225 e. The highest BCUT2D eigenvalue weighted by Gasteiger charge is 2.32. The zero-order valence-electron chi connectivity index (χ0n) is 12.3. The summed E-state index contributed by atoms with van der Waals surface area (Å²) in [7, 11) is 0. The number of amides is 1. The number of aromatic nitrogens is 2. The molecule has 6 heteroatoms. The van der Waals surface area contributed by atoms with Gasteiger partial charge in [-0.15, -0.1) is 0 Å². The molecule has 2 aromatic carbocycles. The van der Waals surface area contributed by atoms with Crippen LogP contribution in [0.1, 0.15) is 29.0 Å². The Hall–Kier alpha value is -2.40. The van der Waals surface area contributed by atoms with E-state index in [0.29, 0.717) is 21.8 Å². The van der Waals surface area contributed by atoms with Gasteiger partial charge < -0.3 is 5.32 Å². The van der Waals surface area contributed by atoms with Crippen LogP contribution < -0.4 is 5.32 Å². The summed E-state index contributed by atoms with van der Waals surface area (Å²) in [6, 6.07) is 7.00. The van der Waals surface area contributed by atoms with Crippen molar-refractivity contribution in [2.24, 2.45) is 0 Å². The number of rotatable bonds is 1. The minimum atomic E-state index is -0.449. The molecule has 0 radical (unpaired) electrons. The van der Waals surface area contributed by atoms with Crippen LogP contribution >= 0.6 is 11.6 Å². The normalized spacial score (nSPS) is 17.2. The van der Waals surface area contributed by atoms with Crippen molar-refractivity contribution >= 4 is 34.1 Å². The third-order valence-electron chi connectivity index (χ3n) is 4.34. The number of fused-ring (bicyclic) bond motifs is 3. The van der Waals surface area contributed by atoms with Gasteiger partial charge in [0.2, 0.25) is 5.91 Å². The molecule has 4 nitrogen and oxygen atoms in total. The first-order valence-corrected chi connectivity index (χ1v) is 7.64. The molecule has 0 fully saturated rings. The third kappa shape index (κ3) is 2.11. The molecule has 1 atom stereocenters. The minimum Gasteiger partial charge on any atom is -0.326 e. The maximum atomic E-state index is 14.8. The Morgan fingerprint density at radius 3 is 2.91 bits per heavy atom. The van der Waals surface area contributed by atoms with Crippen LogP contribution in [-0.4, -0.2) is 16.1 Å². The molecule has 1 unspecified atom stereocenters. The second-order valence-corrected chi connectivity index (χ2v) is 6.17. The predicted molar refractivity (Wildman–Crippen MR) is 87.3 cm³/mol. The summed E-state index contributed by atoms with van der Waals surface area (Å²) in [6.45, 7) is 1.69. The Kier molecular flexibility index (Phi) is 3.13. The highest BCUT2D eigenvalue weighted by atomic mass is 35.5. The van der Waals surface area contributed by atoms with Crippen LogP contribution in [0.15, 0.2) is 30.5 Å². The lowest BCUT2D eigenvalue weighted by Gasteiger charge is -2.27. The number of nitrogens with zero attached hydrogens (tertiary/aromatic N) is 1. The quantitative estimate of drug-likeness (QED) is 0.705. The van der Waals surface area contributed by atoms with Gasteiger partial charge in [-0.25, -0.2) is 4.39 Å². The van der Waals surface area contributed by atoms with Gasteiger partial charge in [0.1, 0.15) is 5.82 Å². The van der Waals surface area contributed by atoms with Crippen LogP contribution in [0.25, 0.3) is 10.9 Å². The Labute approximate surface area is 136 Å². The lowest BCUT2D eigenvalue weighted by molar-refractivity contribution is -0.116. The lowest BCUT2D eigenvalue weighted by atomic mass is 9.83. The maximum absolute atomic E-state index is 14.8. The number of benzene rings is 2. The molecule has 3 aromatic rings. The first kappa shape index (κ1) is 14.2. The molecule has 0 spiro atoms. The molecular weight excluding hydrogens is 317 g/mol. The molecule has 0 saturated heterocycles. The number of halogens is 2. The van der Waals surface area contributed by atoms with E-state index in [1.54, 1.807) is 25.3 Å². The lowest BCUT2D eigenvalue weighted by Crippen LogP contribution is -2.24. The first-order valence-electron chi connectivity index (χ1n) is 7.26. The summed E-state index contributed by atoms with van der Waals surface area (Å²) in [5.74, 6) is -0.965. The molecule has 0 bridgehead atoms. The molecule has 116 valence electrons. The molecule has 2 N–H and O–H groups in total. The number of anilines is 1. The number of aryl methyl sites for hydroxylation is 1. The molecule has 1 amide bonds. The number of carbonyl (C=O) groups is 1. The van der Waals surface area contributed by atoms with Crippen molar-refractivity contribution in [1.29, 1.82) is 0 Å². The molecule has 0 saturated carbocycles. The number of hydrogen-bond acceptors (Lipinski definition) is 2. The monoisotopic (exact) mass is 329 g/mol. The van der Waals surface area contributed by atoms with E-state index in [0.717, 1.165) is 16.5 Å². The summed E-state index contributed by atoms with van der Waals surface area (Å²) in [5.41, 5.74) is 3.16. The molecule has 2 heterocycles. The van der Waals surface area contributed by atoms with Crippen LogP contribution in [0, 0.1) is 12.7 Å². The summed E-state index contributed by atoms with van der Waals surface area (Å²) >= 11 is 6.28. The van der Waals surface area contributed by atoms with Crippen molar-refractivity contribution in [3.05, 3.63) is 58.0 Å². The second kappa shape index (κ2) is 5.06. The molecule has 1 aliphatic rings. The van der Waals surface area contributed by atoms with Crippen molar-refractivity contribution in [3.8, 4) is 0 Å². The van der Waals surface area contributed by atoms with Crippen molar-refractivity contribution in [3.63, 3.8) is 0 Å². The molecule has 4 rings (SSSR count). The van der Waals surface area contributed by atoms with Crippen molar-refractivity contribution in [1.82, 2.24) is 10.2 Å². The molecule has 23 heavy (non-hydrogen) atoms. The van der Waals surface area contributed by atoms with Gasteiger partial charge in [-0.2, -0.15) is 5.10 Å². The van der Waals surface area contributed by atoms with E-state index in [-0.39, 0.29) is 18.1 Å². The Morgan fingerprint density at radius 1 is 1.26 bits per heavy atom. The first-order chi connectivity index (χ1) is 11.1. The SMILES string of the molecule is Cc1ccc(Cl)c(C2CC(=O)Nc3ccc4cn[nH]c4c32)c1F. The van der Waals surface area contributed by atoms with Crippen molar-refractivity contribution in [2.75, 3.05) is 5.32 Å². The fourth-order valence-electron chi connectivity index (χ4n) is 3.24. The van der Waals surface area contributed by atoms with E-state index < -0.39 is 5.92 Å². The van der Waals surface area contributed by atoms with Crippen LogP contribution in [0.4, 0.5) is 10.1 Å². The van der Waals surface area contributed by atoms with Crippen LogP contribution in [-0.2, 0) is 4.79 Å². The average molecular weight is 330 g/mol. The second-order valence-electron chi connectivity index (χ2n) is 5.76. The van der Waals surface area contributed by atoms with Gasteiger partial charge in [0.15, 0.2) is 0 Å². The Balaban J connectivity index is 2.04. The van der Waals surface area contributed by atoms with Gasteiger partial charge in [-0.05, 0) is 30.7 Å². The van der Waals surface area contributed by atoms with E-state index in [1.807, 2.05) is 12.1 Å². The van der Waals surface area contributed by atoms with Crippen molar-refractivity contribution < 1.29 is 9.18 Å². The van der Waals surface area contributed by atoms with Gasteiger partial charge in [0, 0.05) is 39.6 Å². The molecular formula is C17H13ClFN3O. The fraction of sp³-hybridized carbons (Fsp3) is 0.176.